The molecule has 0 bridgehead atoms. The molecule has 2 rings (SSSR count). The molecule has 0 radical (unpaired) electrons. The summed E-state index contributed by atoms with van der Waals surface area (Å²) in [6.45, 7) is 0.326. The van der Waals surface area contributed by atoms with Gasteiger partial charge in [0.05, 0.1) is 14.2 Å². The summed E-state index contributed by atoms with van der Waals surface area (Å²) in [7, 11) is 3.16. The number of methoxy groups -OCH3 is 2. The molecule has 1 aliphatic rings. The highest BCUT2D eigenvalue weighted by Crippen LogP contribution is 2.48. The van der Waals surface area contributed by atoms with E-state index in [1.807, 2.05) is 6.07 Å². The number of hydrogen-bond acceptors (Lipinski definition) is 3. The monoisotopic (exact) mass is 285 g/mol. The van der Waals surface area contributed by atoms with Crippen molar-refractivity contribution in [3.8, 4) is 11.5 Å². The van der Waals surface area contributed by atoms with Crippen molar-refractivity contribution in [1.29, 1.82) is 0 Å². The molecular weight excluding hydrogens is 264 g/mol. The molecule has 5 heteroatoms. The van der Waals surface area contributed by atoms with Gasteiger partial charge in [-0.05, 0) is 31.0 Å². The Morgan fingerprint density at radius 3 is 2.25 bits per heavy atom. The van der Waals surface area contributed by atoms with Gasteiger partial charge in [-0.1, -0.05) is 0 Å². The minimum Gasteiger partial charge on any atom is -0.497 e. The summed E-state index contributed by atoms with van der Waals surface area (Å²) in [5, 5.41) is 0. The molecule has 1 aromatic rings. The summed E-state index contributed by atoms with van der Waals surface area (Å²) in [5.41, 5.74) is 6.35. The third-order valence-corrected chi connectivity index (χ3v) is 4.31. The summed E-state index contributed by atoms with van der Waals surface area (Å²) >= 11 is 0. The SMILES string of the molecule is COc1ccc(OC)c(C2(CN)CCC(F)(F)CC2)c1. The van der Waals surface area contributed by atoms with E-state index < -0.39 is 11.3 Å². The van der Waals surface area contributed by atoms with Crippen molar-refractivity contribution in [2.24, 2.45) is 5.73 Å². The van der Waals surface area contributed by atoms with Crippen LogP contribution in [0, 0.1) is 0 Å². The molecule has 1 saturated carbocycles. The number of rotatable bonds is 4. The van der Waals surface area contributed by atoms with E-state index in [0.29, 0.717) is 30.9 Å². The minimum absolute atomic E-state index is 0.134. The number of halogens is 2. The number of nitrogens with two attached hydrogens (primary N) is 1. The van der Waals surface area contributed by atoms with Crippen LogP contribution in [0.1, 0.15) is 31.2 Å². The van der Waals surface area contributed by atoms with Gasteiger partial charge in [0.1, 0.15) is 11.5 Å². The standard InChI is InChI=1S/C15H21F2NO2/c1-19-11-3-4-13(20-2)12(9-11)14(10-18)5-7-15(16,17)8-6-14/h3-4,9H,5-8,10,18H2,1-2H3. The highest BCUT2D eigenvalue weighted by atomic mass is 19.3. The Morgan fingerprint density at radius 1 is 1.10 bits per heavy atom. The molecule has 3 nitrogen and oxygen atoms in total. The van der Waals surface area contributed by atoms with Crippen LogP contribution in [-0.4, -0.2) is 26.7 Å². The molecule has 112 valence electrons. The van der Waals surface area contributed by atoms with Crippen LogP contribution in [0.3, 0.4) is 0 Å². The normalized spacial score (nSPS) is 20.4. The van der Waals surface area contributed by atoms with Gasteiger partial charge in [0.2, 0.25) is 5.92 Å². The molecular formula is C15H21F2NO2. The van der Waals surface area contributed by atoms with Gasteiger partial charge in [-0.15, -0.1) is 0 Å². The zero-order chi connectivity index (χ0) is 14.8. The van der Waals surface area contributed by atoms with E-state index in [2.05, 4.69) is 0 Å². The van der Waals surface area contributed by atoms with Crippen LogP contribution in [0.5, 0.6) is 11.5 Å². The number of hydrogen-bond donors (Lipinski definition) is 1. The smallest absolute Gasteiger partial charge is 0.248 e. The highest BCUT2D eigenvalue weighted by molar-refractivity contribution is 5.45. The van der Waals surface area contributed by atoms with E-state index in [4.69, 9.17) is 15.2 Å². The van der Waals surface area contributed by atoms with Gasteiger partial charge < -0.3 is 15.2 Å². The maximum absolute atomic E-state index is 13.4. The lowest BCUT2D eigenvalue weighted by Gasteiger charge is -2.40. The second-order valence-electron chi connectivity index (χ2n) is 5.41. The third-order valence-electron chi connectivity index (χ3n) is 4.31. The Labute approximate surface area is 118 Å². The van der Waals surface area contributed by atoms with Crippen molar-refractivity contribution in [2.75, 3.05) is 20.8 Å². The molecule has 1 fully saturated rings. The largest absolute Gasteiger partial charge is 0.497 e. The Bertz CT molecular complexity index is 467. The second kappa shape index (κ2) is 5.56. The Balaban J connectivity index is 2.41. The average molecular weight is 285 g/mol. The fourth-order valence-corrected chi connectivity index (χ4v) is 2.91. The maximum Gasteiger partial charge on any atom is 0.248 e. The molecule has 2 N–H and O–H groups in total. The van der Waals surface area contributed by atoms with Crippen LogP contribution in [0.2, 0.25) is 0 Å². The first-order valence-electron chi connectivity index (χ1n) is 6.77. The predicted molar refractivity (Wildman–Crippen MR) is 73.7 cm³/mol. The first-order valence-corrected chi connectivity index (χ1v) is 6.77. The quantitative estimate of drug-likeness (QED) is 0.924. The van der Waals surface area contributed by atoms with Crippen molar-refractivity contribution in [3.63, 3.8) is 0 Å². The topological polar surface area (TPSA) is 44.5 Å². The number of alkyl halides is 2. The summed E-state index contributed by atoms with van der Waals surface area (Å²) in [6, 6.07) is 5.46. The molecule has 20 heavy (non-hydrogen) atoms. The van der Waals surface area contributed by atoms with E-state index in [-0.39, 0.29) is 12.8 Å². The van der Waals surface area contributed by atoms with Crippen LogP contribution in [-0.2, 0) is 5.41 Å². The molecule has 0 saturated heterocycles. The van der Waals surface area contributed by atoms with Crippen molar-refractivity contribution in [1.82, 2.24) is 0 Å². The van der Waals surface area contributed by atoms with Gasteiger partial charge in [-0.2, -0.15) is 0 Å². The second-order valence-corrected chi connectivity index (χ2v) is 5.41. The minimum atomic E-state index is -2.58. The fourth-order valence-electron chi connectivity index (χ4n) is 2.91. The Hall–Kier alpha value is -1.36. The molecule has 0 unspecified atom stereocenters. The predicted octanol–water partition coefficient (Wildman–Crippen LogP) is 3.11. The van der Waals surface area contributed by atoms with E-state index in [0.717, 1.165) is 5.56 Å². The molecule has 0 amide bonds. The molecule has 0 heterocycles. The van der Waals surface area contributed by atoms with Gasteiger partial charge in [0, 0.05) is 30.4 Å². The summed E-state index contributed by atoms with van der Waals surface area (Å²) < 4.78 is 37.5. The van der Waals surface area contributed by atoms with Gasteiger partial charge in [0.15, 0.2) is 0 Å². The van der Waals surface area contributed by atoms with Crippen LogP contribution < -0.4 is 15.2 Å². The highest BCUT2D eigenvalue weighted by Gasteiger charge is 2.44. The van der Waals surface area contributed by atoms with E-state index >= 15 is 0 Å². The maximum atomic E-state index is 13.4. The van der Waals surface area contributed by atoms with Crippen molar-refractivity contribution < 1.29 is 18.3 Å². The van der Waals surface area contributed by atoms with Gasteiger partial charge in [-0.3, -0.25) is 0 Å². The lowest BCUT2D eigenvalue weighted by molar-refractivity contribution is -0.0511. The molecule has 1 aliphatic carbocycles. The molecule has 0 spiro atoms. The lowest BCUT2D eigenvalue weighted by Crippen LogP contribution is -2.42. The van der Waals surface area contributed by atoms with Crippen molar-refractivity contribution in [3.05, 3.63) is 23.8 Å². The van der Waals surface area contributed by atoms with Crippen LogP contribution >= 0.6 is 0 Å². The van der Waals surface area contributed by atoms with Gasteiger partial charge >= 0.3 is 0 Å². The van der Waals surface area contributed by atoms with Crippen molar-refractivity contribution >= 4 is 0 Å². The zero-order valence-electron chi connectivity index (χ0n) is 11.9. The van der Waals surface area contributed by atoms with Crippen LogP contribution in [0.25, 0.3) is 0 Å². The van der Waals surface area contributed by atoms with E-state index in [9.17, 15) is 8.78 Å². The molecule has 0 atom stereocenters. The number of ether oxygens (including phenoxy) is 2. The third kappa shape index (κ3) is 2.73. The summed E-state index contributed by atoms with van der Waals surface area (Å²) in [4.78, 5) is 0. The van der Waals surface area contributed by atoms with Gasteiger partial charge in [0.25, 0.3) is 0 Å². The average Bonchev–Trinajstić information content (AvgIpc) is 2.47. The lowest BCUT2D eigenvalue weighted by atomic mass is 9.68. The van der Waals surface area contributed by atoms with Crippen molar-refractivity contribution in [2.45, 2.75) is 37.0 Å². The van der Waals surface area contributed by atoms with Crippen LogP contribution in [0.15, 0.2) is 18.2 Å². The number of benzene rings is 1. The van der Waals surface area contributed by atoms with E-state index in [1.165, 1.54) is 0 Å². The van der Waals surface area contributed by atoms with Crippen LogP contribution in [0.4, 0.5) is 8.78 Å². The molecule has 1 aromatic carbocycles. The Kier molecular flexibility index (Phi) is 4.18. The zero-order valence-corrected chi connectivity index (χ0v) is 11.9. The van der Waals surface area contributed by atoms with E-state index in [1.54, 1.807) is 26.4 Å². The summed E-state index contributed by atoms with van der Waals surface area (Å²) in [5.74, 6) is -1.21. The Morgan fingerprint density at radius 2 is 1.75 bits per heavy atom. The van der Waals surface area contributed by atoms with Gasteiger partial charge in [-0.25, -0.2) is 8.78 Å². The molecule has 0 aromatic heterocycles. The summed E-state index contributed by atoms with van der Waals surface area (Å²) in [6.07, 6.45) is 0.454. The fraction of sp³-hybridized carbons (Fsp3) is 0.600. The molecule has 0 aliphatic heterocycles. The first kappa shape index (κ1) is 15.0. The first-order chi connectivity index (χ1) is 9.46.